The van der Waals surface area contributed by atoms with Crippen LogP contribution >= 0.6 is 23.2 Å². The number of nitrogens with two attached hydrogens (primary N) is 1. The van der Waals surface area contributed by atoms with Crippen LogP contribution in [0, 0.1) is 0 Å². The van der Waals surface area contributed by atoms with Crippen LogP contribution in [0.15, 0.2) is 145 Å². The van der Waals surface area contributed by atoms with Crippen molar-refractivity contribution in [2.45, 2.75) is 18.5 Å². The molecule has 9 heteroatoms. The summed E-state index contributed by atoms with van der Waals surface area (Å²) >= 11 is 12.0. The molecule has 7 nitrogen and oxygen atoms in total. The minimum Gasteiger partial charge on any atom is -0.350 e. The minimum absolute atomic E-state index is 0.146. The van der Waals surface area contributed by atoms with Crippen molar-refractivity contribution >= 4 is 56.5 Å². The van der Waals surface area contributed by atoms with Crippen molar-refractivity contribution in [2.24, 2.45) is 10.7 Å². The highest BCUT2D eigenvalue weighted by molar-refractivity contribution is 6.33. The van der Waals surface area contributed by atoms with Crippen LogP contribution in [-0.4, -0.2) is 15.8 Å². The van der Waals surface area contributed by atoms with Gasteiger partial charge in [0.15, 0.2) is 0 Å². The van der Waals surface area contributed by atoms with Gasteiger partial charge in [0.05, 0.1) is 0 Å². The maximum absolute atomic E-state index is 6.38. The monoisotopic (exact) mass is 679 g/mol. The van der Waals surface area contributed by atoms with Gasteiger partial charge in [-0.15, -0.1) is 0 Å². The lowest BCUT2D eigenvalue weighted by Gasteiger charge is -2.32. The summed E-state index contributed by atoms with van der Waals surface area (Å²) in [7, 11) is 0. The summed E-state index contributed by atoms with van der Waals surface area (Å²) in [4.78, 5) is 13.5. The first kappa shape index (κ1) is 31.0. The fourth-order valence-corrected chi connectivity index (χ4v) is 6.62. The van der Waals surface area contributed by atoms with E-state index in [-0.39, 0.29) is 28.6 Å². The van der Waals surface area contributed by atoms with E-state index in [1.54, 1.807) is 0 Å². The fraction of sp³-hybridized carbons (Fsp3) is 0.0750. The van der Waals surface area contributed by atoms with Crippen molar-refractivity contribution in [1.82, 2.24) is 20.6 Å². The molecular weight excluding hydrogens is 649 g/mol. The zero-order chi connectivity index (χ0) is 33.3. The average molecular weight is 681 g/mol. The molecule has 3 unspecified atom stereocenters. The Morgan fingerprint density at radius 3 is 1.76 bits per heavy atom. The largest absolute Gasteiger partial charge is 0.350 e. The molecule has 0 spiro atoms. The molecule has 0 saturated heterocycles. The lowest BCUT2D eigenvalue weighted by molar-refractivity contribution is 0.409. The van der Waals surface area contributed by atoms with Gasteiger partial charge in [-0.3, -0.25) is 5.32 Å². The Morgan fingerprint density at radius 2 is 1.12 bits per heavy atom. The normalized spacial score (nSPS) is 16.6. The smallest absolute Gasteiger partial charge is 0.227 e. The van der Waals surface area contributed by atoms with Crippen LogP contribution in [0.4, 0.5) is 5.95 Å². The molecule has 2 heterocycles. The zero-order valence-corrected chi connectivity index (χ0v) is 27.7. The molecule has 3 atom stereocenters. The Morgan fingerprint density at radius 1 is 0.592 bits per heavy atom. The van der Waals surface area contributed by atoms with Gasteiger partial charge in [0.2, 0.25) is 5.95 Å². The van der Waals surface area contributed by atoms with Gasteiger partial charge >= 0.3 is 0 Å². The van der Waals surface area contributed by atoms with E-state index in [0.29, 0.717) is 0 Å². The van der Waals surface area contributed by atoms with E-state index in [1.165, 1.54) is 27.6 Å². The third-order valence-corrected chi connectivity index (χ3v) is 9.16. The molecule has 0 saturated carbocycles. The molecule has 1 aliphatic heterocycles. The van der Waals surface area contributed by atoms with E-state index in [9.17, 15) is 0 Å². The molecule has 0 fully saturated rings. The summed E-state index contributed by atoms with van der Waals surface area (Å²) in [6.45, 7) is 0. The number of nitrogens with zero attached hydrogens (tertiary/aromatic N) is 3. The van der Waals surface area contributed by atoms with Gasteiger partial charge in [-0.1, -0.05) is 145 Å². The minimum atomic E-state index is -0.541. The van der Waals surface area contributed by atoms with Gasteiger partial charge < -0.3 is 16.4 Å². The van der Waals surface area contributed by atoms with E-state index in [4.69, 9.17) is 33.9 Å². The van der Waals surface area contributed by atoms with Gasteiger partial charge in [0.1, 0.15) is 34.6 Å². The van der Waals surface area contributed by atoms with Crippen molar-refractivity contribution in [3.05, 3.63) is 172 Å². The Kier molecular flexibility index (Phi) is 8.41. The van der Waals surface area contributed by atoms with E-state index >= 15 is 0 Å². The van der Waals surface area contributed by atoms with E-state index < -0.39 is 6.17 Å². The summed E-state index contributed by atoms with van der Waals surface area (Å²) in [6, 6.07) is 48.0. The van der Waals surface area contributed by atoms with Crippen LogP contribution in [0.1, 0.15) is 40.8 Å². The summed E-state index contributed by atoms with van der Waals surface area (Å²) in [6.07, 6.45) is -0.927. The molecule has 0 radical (unpaired) electrons. The second-order valence-corrected chi connectivity index (χ2v) is 12.8. The van der Waals surface area contributed by atoms with Crippen molar-refractivity contribution in [2.75, 3.05) is 5.32 Å². The quantitative estimate of drug-likeness (QED) is 0.0990. The highest BCUT2D eigenvalue weighted by Gasteiger charge is 2.26. The number of amidine groups is 1. The number of aromatic nitrogens is 2. The lowest BCUT2D eigenvalue weighted by atomic mass is 10.00. The molecular formula is C40H31Cl2N7. The number of benzene rings is 6. The number of fused-ring (bicyclic) bond motifs is 2. The maximum atomic E-state index is 6.38. The summed E-state index contributed by atoms with van der Waals surface area (Å²) in [5.74, 6) is 1.10. The predicted molar refractivity (Wildman–Crippen MR) is 201 cm³/mol. The van der Waals surface area contributed by atoms with E-state index in [1.807, 2.05) is 24.3 Å². The SMILES string of the molecule is NC(Nc1nc(Cl)cc(Cl)n1)c1ccc(-c2ccc(C3=NC(c4ccc5ccccc5c4)NC(c4ccc5ccccc5c4)N3)cc2)cc1. The molecule has 6 aromatic carbocycles. The van der Waals surface area contributed by atoms with Crippen LogP contribution in [0.5, 0.6) is 0 Å². The molecule has 1 aliphatic rings. The number of aliphatic imine (C=N–C) groups is 1. The number of hydrogen-bond acceptors (Lipinski definition) is 7. The van der Waals surface area contributed by atoms with Gasteiger partial charge in [0.25, 0.3) is 0 Å². The summed E-state index contributed by atoms with van der Waals surface area (Å²) in [5, 5.41) is 15.8. The summed E-state index contributed by atoms with van der Waals surface area (Å²) < 4.78 is 0. The second kappa shape index (κ2) is 13.3. The maximum Gasteiger partial charge on any atom is 0.227 e. The molecule has 5 N–H and O–H groups in total. The van der Waals surface area contributed by atoms with Crippen LogP contribution in [0.25, 0.3) is 32.7 Å². The fourth-order valence-electron chi connectivity index (χ4n) is 6.19. The first-order chi connectivity index (χ1) is 23.9. The highest BCUT2D eigenvalue weighted by atomic mass is 35.5. The van der Waals surface area contributed by atoms with E-state index in [2.05, 4.69) is 135 Å². The van der Waals surface area contributed by atoms with Crippen LogP contribution < -0.4 is 21.7 Å². The average Bonchev–Trinajstić information content (AvgIpc) is 3.14. The number of halogens is 2. The van der Waals surface area contributed by atoms with E-state index in [0.717, 1.165) is 39.2 Å². The first-order valence-electron chi connectivity index (χ1n) is 16.0. The standard InChI is InChI=1S/C40H31Cl2N7/c41-34-23-35(42)45-40(44-34)46-36(43)28-15-9-26(10-16-28)27-11-17-29(18-12-27)37-47-38(32-19-13-24-5-1-3-7-30(24)21-32)49-39(48-37)33-20-14-25-6-2-4-8-31(25)22-33/h1-23,36,38-39,49H,43H2,(H,47,48)(H,44,45,46). The van der Waals surface area contributed by atoms with Gasteiger partial charge in [0, 0.05) is 11.6 Å². The topological polar surface area (TPSA) is 100 Å². The third-order valence-electron chi connectivity index (χ3n) is 8.77. The van der Waals surface area contributed by atoms with Gasteiger partial charge in [-0.2, -0.15) is 0 Å². The van der Waals surface area contributed by atoms with Crippen LogP contribution in [0.2, 0.25) is 10.3 Å². The number of anilines is 1. The van der Waals surface area contributed by atoms with Crippen molar-refractivity contribution in [3.63, 3.8) is 0 Å². The van der Waals surface area contributed by atoms with Gasteiger partial charge in [-0.05, 0) is 61.5 Å². The summed E-state index contributed by atoms with van der Waals surface area (Å²) in [5.41, 5.74) is 12.6. The molecule has 0 amide bonds. The molecule has 8 rings (SSSR count). The Balaban J connectivity index is 1.06. The Labute approximate surface area is 293 Å². The molecule has 7 aromatic rings. The predicted octanol–water partition coefficient (Wildman–Crippen LogP) is 9.16. The third kappa shape index (κ3) is 6.70. The van der Waals surface area contributed by atoms with Crippen LogP contribution in [-0.2, 0) is 0 Å². The lowest BCUT2D eigenvalue weighted by Crippen LogP contribution is -2.44. The highest BCUT2D eigenvalue weighted by Crippen LogP contribution is 2.30. The second-order valence-electron chi connectivity index (χ2n) is 12.0. The van der Waals surface area contributed by atoms with Crippen molar-refractivity contribution in [3.8, 4) is 11.1 Å². The zero-order valence-electron chi connectivity index (χ0n) is 26.2. The molecule has 0 aliphatic carbocycles. The number of hydrogen-bond donors (Lipinski definition) is 4. The molecule has 240 valence electrons. The molecule has 0 bridgehead atoms. The first-order valence-corrected chi connectivity index (χ1v) is 16.7. The Hall–Kier alpha value is -5.31. The Bertz CT molecular complexity index is 2300. The number of rotatable bonds is 7. The molecule has 1 aromatic heterocycles. The van der Waals surface area contributed by atoms with Gasteiger partial charge in [-0.25, -0.2) is 15.0 Å². The number of nitrogens with one attached hydrogen (secondary N) is 3. The molecule has 49 heavy (non-hydrogen) atoms. The van der Waals surface area contributed by atoms with Crippen LogP contribution in [0.3, 0.4) is 0 Å². The van der Waals surface area contributed by atoms with Crippen molar-refractivity contribution < 1.29 is 0 Å². The van der Waals surface area contributed by atoms with Crippen molar-refractivity contribution in [1.29, 1.82) is 0 Å².